The van der Waals surface area contributed by atoms with E-state index in [1.165, 1.54) is 24.3 Å². The van der Waals surface area contributed by atoms with Gasteiger partial charge in [-0.2, -0.15) is 0 Å². The van der Waals surface area contributed by atoms with Gasteiger partial charge in [0.25, 0.3) is 0 Å². The molecule has 0 N–H and O–H groups in total. The Labute approximate surface area is 94.9 Å². The molecule has 0 aliphatic carbocycles. The molecular formula is C12H20ClP. The summed E-state index contributed by atoms with van der Waals surface area (Å²) in [6.07, 6.45) is 4.05. The summed E-state index contributed by atoms with van der Waals surface area (Å²) in [5.41, 5.74) is 1.51. The van der Waals surface area contributed by atoms with Crippen LogP contribution in [0.5, 0.6) is 0 Å². The van der Waals surface area contributed by atoms with Crippen molar-refractivity contribution in [1.82, 2.24) is 0 Å². The maximum absolute atomic E-state index is 2.46. The van der Waals surface area contributed by atoms with Gasteiger partial charge in [0, 0.05) is 20.6 Å². The van der Waals surface area contributed by atoms with Crippen LogP contribution >= 0.6 is 7.26 Å². The van der Waals surface area contributed by atoms with Crippen LogP contribution in [0.4, 0.5) is 0 Å². The second-order valence-electron chi connectivity index (χ2n) is 4.30. The average Bonchev–Trinajstić information content (AvgIpc) is 2.04. The average molecular weight is 231 g/mol. The van der Waals surface area contributed by atoms with Crippen LogP contribution in [0.15, 0.2) is 30.3 Å². The van der Waals surface area contributed by atoms with E-state index in [1.807, 2.05) is 0 Å². The van der Waals surface area contributed by atoms with E-state index in [1.54, 1.807) is 0 Å². The molecule has 2 heteroatoms. The molecule has 1 aromatic carbocycles. The maximum Gasteiger partial charge on any atom is 0.0837 e. The lowest BCUT2D eigenvalue weighted by Gasteiger charge is -2.17. The minimum Gasteiger partial charge on any atom is -1.00 e. The Bertz CT molecular complexity index is 244. The first-order valence-electron chi connectivity index (χ1n) is 5.00. The largest absolute Gasteiger partial charge is 1.00 e. The first-order valence-corrected chi connectivity index (χ1v) is 8.05. The third kappa shape index (κ3) is 4.98. The second kappa shape index (κ2) is 6.43. The number of rotatable bonds is 4. The summed E-state index contributed by atoms with van der Waals surface area (Å²) in [7, 11) is -0.664. The number of halogens is 1. The summed E-state index contributed by atoms with van der Waals surface area (Å²) in [5.74, 6) is 0. The minimum atomic E-state index is -0.664. The fourth-order valence-corrected chi connectivity index (χ4v) is 4.33. The smallest absolute Gasteiger partial charge is 0.0837 e. The van der Waals surface area contributed by atoms with Crippen LogP contribution in [0, 0.1) is 0 Å². The lowest BCUT2D eigenvalue weighted by atomic mass is 10.2. The van der Waals surface area contributed by atoms with Crippen LogP contribution in [0.2, 0.25) is 0 Å². The third-order valence-corrected chi connectivity index (χ3v) is 5.16. The van der Waals surface area contributed by atoms with Crippen molar-refractivity contribution in [2.75, 3.05) is 19.5 Å². The molecule has 0 saturated heterocycles. The van der Waals surface area contributed by atoms with Crippen molar-refractivity contribution in [1.29, 1.82) is 0 Å². The molecule has 0 radical (unpaired) electrons. The predicted octanol–water partition coefficient (Wildman–Crippen LogP) is 0.878. The highest BCUT2D eigenvalue weighted by Gasteiger charge is 2.23. The molecule has 1 aromatic rings. The van der Waals surface area contributed by atoms with Crippen LogP contribution < -0.4 is 12.4 Å². The highest BCUT2D eigenvalue weighted by atomic mass is 35.5. The Morgan fingerprint density at radius 1 is 1.07 bits per heavy atom. The van der Waals surface area contributed by atoms with Gasteiger partial charge in [0.05, 0.1) is 12.3 Å². The molecule has 0 saturated carbocycles. The van der Waals surface area contributed by atoms with Gasteiger partial charge in [-0.1, -0.05) is 37.3 Å². The van der Waals surface area contributed by atoms with Crippen molar-refractivity contribution in [2.24, 2.45) is 0 Å². The Morgan fingerprint density at radius 2 is 1.64 bits per heavy atom. The summed E-state index contributed by atoms with van der Waals surface area (Å²) in [6, 6.07) is 10.9. The molecule has 0 bridgehead atoms. The number of hydrogen-bond acceptors (Lipinski definition) is 0. The maximum atomic E-state index is 2.46. The molecule has 0 atom stereocenters. The van der Waals surface area contributed by atoms with Gasteiger partial charge < -0.3 is 12.4 Å². The second-order valence-corrected chi connectivity index (χ2v) is 8.94. The summed E-state index contributed by atoms with van der Waals surface area (Å²) in [4.78, 5) is 0. The van der Waals surface area contributed by atoms with E-state index >= 15 is 0 Å². The topological polar surface area (TPSA) is 0 Å². The fourth-order valence-electron chi connectivity index (χ4n) is 1.76. The molecular weight excluding hydrogens is 211 g/mol. The van der Waals surface area contributed by atoms with Crippen molar-refractivity contribution in [3.05, 3.63) is 35.9 Å². The van der Waals surface area contributed by atoms with Crippen LogP contribution in [0.25, 0.3) is 0 Å². The lowest BCUT2D eigenvalue weighted by Crippen LogP contribution is -3.00. The van der Waals surface area contributed by atoms with Gasteiger partial charge in [-0.3, -0.25) is 0 Å². The van der Waals surface area contributed by atoms with E-state index in [2.05, 4.69) is 50.6 Å². The molecule has 0 aliphatic heterocycles. The van der Waals surface area contributed by atoms with Crippen LogP contribution in [0.1, 0.15) is 18.9 Å². The molecule has 0 fully saturated rings. The monoisotopic (exact) mass is 230 g/mol. The van der Waals surface area contributed by atoms with E-state index in [9.17, 15) is 0 Å². The van der Waals surface area contributed by atoms with Gasteiger partial charge in [-0.15, -0.1) is 0 Å². The number of benzene rings is 1. The van der Waals surface area contributed by atoms with Gasteiger partial charge in [-0.05, 0) is 12.0 Å². The highest BCUT2D eigenvalue weighted by Crippen LogP contribution is 2.54. The van der Waals surface area contributed by atoms with Gasteiger partial charge in [0.2, 0.25) is 0 Å². The van der Waals surface area contributed by atoms with Gasteiger partial charge in [0.15, 0.2) is 0 Å². The summed E-state index contributed by atoms with van der Waals surface area (Å²) in [6.45, 7) is 7.21. The molecule has 14 heavy (non-hydrogen) atoms. The molecule has 0 heterocycles. The summed E-state index contributed by atoms with van der Waals surface area (Å²) < 4.78 is 0. The zero-order valence-electron chi connectivity index (χ0n) is 9.33. The predicted molar refractivity (Wildman–Crippen MR) is 64.1 cm³/mol. The molecule has 80 valence electrons. The van der Waals surface area contributed by atoms with E-state index in [4.69, 9.17) is 0 Å². The molecule has 0 unspecified atom stereocenters. The Morgan fingerprint density at radius 3 is 2.14 bits per heavy atom. The molecule has 0 amide bonds. The Hall–Kier alpha value is -0.0600. The van der Waals surface area contributed by atoms with E-state index < -0.39 is 7.26 Å². The van der Waals surface area contributed by atoms with Gasteiger partial charge >= 0.3 is 0 Å². The lowest BCUT2D eigenvalue weighted by molar-refractivity contribution is -0.00000305. The Kier molecular flexibility index (Phi) is 6.40. The molecule has 0 aliphatic rings. The quantitative estimate of drug-likeness (QED) is 0.674. The molecule has 0 nitrogen and oxygen atoms in total. The van der Waals surface area contributed by atoms with E-state index in [0.717, 1.165) is 0 Å². The van der Waals surface area contributed by atoms with Crippen molar-refractivity contribution < 1.29 is 12.4 Å². The van der Waals surface area contributed by atoms with Crippen molar-refractivity contribution in [2.45, 2.75) is 19.5 Å². The molecule has 0 aromatic heterocycles. The Balaban J connectivity index is 0.00000169. The minimum absolute atomic E-state index is 0. The first kappa shape index (κ1) is 13.9. The van der Waals surface area contributed by atoms with Crippen molar-refractivity contribution in [3.63, 3.8) is 0 Å². The highest BCUT2D eigenvalue weighted by molar-refractivity contribution is 7.73. The fraction of sp³-hybridized carbons (Fsp3) is 0.500. The number of hydrogen-bond donors (Lipinski definition) is 0. The van der Waals surface area contributed by atoms with Crippen LogP contribution in [-0.4, -0.2) is 19.5 Å². The summed E-state index contributed by atoms with van der Waals surface area (Å²) >= 11 is 0. The van der Waals surface area contributed by atoms with Crippen LogP contribution in [-0.2, 0) is 6.16 Å². The normalized spacial score (nSPS) is 10.8. The van der Waals surface area contributed by atoms with E-state index in [-0.39, 0.29) is 12.4 Å². The molecule has 1 rings (SSSR count). The zero-order chi connectivity index (χ0) is 9.73. The zero-order valence-corrected chi connectivity index (χ0v) is 11.0. The third-order valence-electron chi connectivity index (χ3n) is 2.28. The van der Waals surface area contributed by atoms with Crippen LogP contribution in [0.3, 0.4) is 0 Å². The SMILES string of the molecule is CCC[P+](C)(C)Cc1ccccc1.[Cl-]. The van der Waals surface area contributed by atoms with Gasteiger partial charge in [-0.25, -0.2) is 0 Å². The molecule has 0 spiro atoms. The standard InChI is InChI=1S/C12H20P.ClH/c1-4-10-13(2,3)11-12-8-6-5-7-9-12;/h5-9H,4,10-11H2,1-3H3;1H/q+1;/p-1. The summed E-state index contributed by atoms with van der Waals surface area (Å²) in [5, 5.41) is 0. The van der Waals surface area contributed by atoms with Crippen molar-refractivity contribution >= 4 is 7.26 Å². The van der Waals surface area contributed by atoms with E-state index in [0.29, 0.717) is 0 Å². The van der Waals surface area contributed by atoms with Crippen molar-refractivity contribution in [3.8, 4) is 0 Å². The first-order chi connectivity index (χ1) is 6.14. The van der Waals surface area contributed by atoms with Gasteiger partial charge in [0.1, 0.15) is 0 Å².